The summed E-state index contributed by atoms with van der Waals surface area (Å²) in [6.45, 7) is -0.890. The molecule has 0 saturated carbocycles. The minimum atomic E-state index is -2.82. The van der Waals surface area contributed by atoms with E-state index < -0.39 is 6.61 Å². The minimum absolute atomic E-state index is 0.00282. The molecule has 0 aliphatic rings. The van der Waals surface area contributed by atoms with Crippen LogP contribution in [0.15, 0.2) is 48.5 Å². The zero-order valence-electron chi connectivity index (χ0n) is 11.6. The van der Waals surface area contributed by atoms with Gasteiger partial charge in [0.05, 0.1) is 6.61 Å². The molecule has 1 atom stereocenters. The van der Waals surface area contributed by atoms with Crippen molar-refractivity contribution < 1.29 is 18.6 Å². The molecule has 3 nitrogen and oxygen atoms in total. The maximum Gasteiger partial charge on any atom is 0.387 e. The normalized spacial score (nSPS) is 12.2. The number of nitrogens with one attached hydrogen (secondary N) is 1. The third kappa shape index (κ3) is 4.43. The van der Waals surface area contributed by atoms with Crippen LogP contribution in [0.1, 0.15) is 24.1 Å². The van der Waals surface area contributed by atoms with Gasteiger partial charge < -0.3 is 15.2 Å². The van der Waals surface area contributed by atoms with Gasteiger partial charge in [-0.05, 0) is 42.3 Å². The molecule has 5 heteroatoms. The molecule has 0 aromatic heterocycles. The van der Waals surface area contributed by atoms with E-state index in [1.807, 2.05) is 37.3 Å². The first-order valence-electron chi connectivity index (χ1n) is 6.59. The predicted molar refractivity (Wildman–Crippen MR) is 77.5 cm³/mol. The van der Waals surface area contributed by atoms with Gasteiger partial charge in [-0.3, -0.25) is 0 Å². The highest BCUT2D eigenvalue weighted by atomic mass is 19.3. The summed E-state index contributed by atoms with van der Waals surface area (Å²) in [5.74, 6) is 0.145. The number of halogens is 2. The number of aliphatic hydroxyl groups excluding tert-OH is 1. The lowest BCUT2D eigenvalue weighted by Gasteiger charge is -2.17. The molecule has 0 heterocycles. The number of benzene rings is 2. The molecule has 0 fully saturated rings. The third-order valence-electron chi connectivity index (χ3n) is 3.10. The Kier molecular flexibility index (Phi) is 5.11. The van der Waals surface area contributed by atoms with Crippen molar-refractivity contribution in [1.82, 2.24) is 0 Å². The van der Waals surface area contributed by atoms with E-state index >= 15 is 0 Å². The van der Waals surface area contributed by atoms with Crippen LogP contribution in [-0.4, -0.2) is 11.7 Å². The van der Waals surface area contributed by atoms with Crippen LogP contribution in [0.25, 0.3) is 0 Å². The molecule has 0 aliphatic carbocycles. The van der Waals surface area contributed by atoms with E-state index in [1.165, 1.54) is 6.07 Å². The smallest absolute Gasteiger partial charge is 0.387 e. The van der Waals surface area contributed by atoms with Gasteiger partial charge in [0.1, 0.15) is 5.75 Å². The van der Waals surface area contributed by atoms with Crippen LogP contribution in [0, 0.1) is 0 Å². The van der Waals surface area contributed by atoms with Crippen molar-refractivity contribution in [1.29, 1.82) is 0 Å². The molecule has 1 unspecified atom stereocenters. The number of anilines is 1. The van der Waals surface area contributed by atoms with E-state index in [9.17, 15) is 8.78 Å². The first kappa shape index (κ1) is 15.3. The fraction of sp³-hybridized carbons (Fsp3) is 0.250. The van der Waals surface area contributed by atoms with Crippen LogP contribution >= 0.6 is 0 Å². The number of hydrogen-bond donors (Lipinski definition) is 2. The van der Waals surface area contributed by atoms with Gasteiger partial charge in [0, 0.05) is 11.7 Å². The number of aliphatic hydroxyl groups is 1. The summed E-state index contributed by atoms with van der Waals surface area (Å²) in [5.41, 5.74) is 2.57. The SMILES string of the molecule is CC(Nc1ccc(CO)cc1)c1cccc(OC(F)F)c1. The van der Waals surface area contributed by atoms with Gasteiger partial charge in [0.2, 0.25) is 0 Å². The summed E-state index contributed by atoms with van der Waals surface area (Å²) >= 11 is 0. The second kappa shape index (κ2) is 7.04. The van der Waals surface area contributed by atoms with Crippen molar-refractivity contribution in [2.45, 2.75) is 26.2 Å². The molecule has 21 heavy (non-hydrogen) atoms. The summed E-state index contributed by atoms with van der Waals surface area (Å²) in [6, 6.07) is 13.9. The van der Waals surface area contributed by atoms with Gasteiger partial charge in [0.25, 0.3) is 0 Å². The largest absolute Gasteiger partial charge is 0.435 e. The highest BCUT2D eigenvalue weighted by Gasteiger charge is 2.09. The van der Waals surface area contributed by atoms with Crippen LogP contribution in [0.4, 0.5) is 14.5 Å². The van der Waals surface area contributed by atoms with Crippen LogP contribution in [0.3, 0.4) is 0 Å². The minimum Gasteiger partial charge on any atom is -0.435 e. The lowest BCUT2D eigenvalue weighted by Crippen LogP contribution is -2.08. The Morgan fingerprint density at radius 2 is 1.86 bits per heavy atom. The molecule has 2 aromatic rings. The lowest BCUT2D eigenvalue weighted by atomic mass is 10.1. The Bertz CT molecular complexity index is 573. The second-order valence-corrected chi connectivity index (χ2v) is 4.67. The van der Waals surface area contributed by atoms with Crippen molar-refractivity contribution in [3.63, 3.8) is 0 Å². The van der Waals surface area contributed by atoms with Crippen molar-refractivity contribution >= 4 is 5.69 Å². The highest BCUT2D eigenvalue weighted by molar-refractivity contribution is 5.47. The number of ether oxygens (including phenoxy) is 1. The monoisotopic (exact) mass is 293 g/mol. The van der Waals surface area contributed by atoms with Crippen LogP contribution in [-0.2, 0) is 6.61 Å². The molecule has 0 aliphatic heterocycles. The van der Waals surface area contributed by atoms with Crippen LogP contribution in [0.5, 0.6) is 5.75 Å². The Balaban J connectivity index is 2.06. The van der Waals surface area contributed by atoms with Gasteiger partial charge in [-0.25, -0.2) is 0 Å². The Morgan fingerprint density at radius 1 is 1.14 bits per heavy atom. The Morgan fingerprint density at radius 3 is 2.48 bits per heavy atom. The molecule has 2 aromatic carbocycles. The number of alkyl halides is 2. The topological polar surface area (TPSA) is 41.5 Å². The van der Waals surface area contributed by atoms with Crippen molar-refractivity contribution in [3.8, 4) is 5.75 Å². The van der Waals surface area contributed by atoms with Crippen LogP contribution < -0.4 is 10.1 Å². The molecule has 0 amide bonds. The fourth-order valence-corrected chi connectivity index (χ4v) is 2.00. The van der Waals surface area contributed by atoms with Gasteiger partial charge in [-0.15, -0.1) is 0 Å². The average Bonchev–Trinajstić information content (AvgIpc) is 2.47. The van der Waals surface area contributed by atoms with Crippen molar-refractivity contribution in [2.75, 3.05) is 5.32 Å². The van der Waals surface area contributed by atoms with E-state index in [0.29, 0.717) is 0 Å². The highest BCUT2D eigenvalue weighted by Crippen LogP contribution is 2.24. The zero-order chi connectivity index (χ0) is 15.2. The standard InChI is InChI=1S/C16H17F2NO2/c1-11(19-14-7-5-12(10-20)6-8-14)13-3-2-4-15(9-13)21-16(17)18/h2-9,11,16,19-20H,10H2,1H3. The zero-order valence-corrected chi connectivity index (χ0v) is 11.6. The van der Waals surface area contributed by atoms with Gasteiger partial charge in [0.15, 0.2) is 0 Å². The molecular formula is C16H17F2NO2. The molecule has 0 saturated heterocycles. The Labute approximate surface area is 122 Å². The summed E-state index contributed by atoms with van der Waals surface area (Å²) in [4.78, 5) is 0. The van der Waals surface area contributed by atoms with Gasteiger partial charge in [-0.2, -0.15) is 8.78 Å². The molecule has 0 bridgehead atoms. The van der Waals surface area contributed by atoms with E-state index in [4.69, 9.17) is 5.11 Å². The van der Waals surface area contributed by atoms with Gasteiger partial charge >= 0.3 is 6.61 Å². The number of hydrogen-bond acceptors (Lipinski definition) is 3. The van der Waals surface area contributed by atoms with E-state index in [-0.39, 0.29) is 18.4 Å². The van der Waals surface area contributed by atoms with Crippen molar-refractivity contribution in [2.24, 2.45) is 0 Å². The quantitative estimate of drug-likeness (QED) is 0.847. The molecule has 112 valence electrons. The summed E-state index contributed by atoms with van der Waals surface area (Å²) < 4.78 is 28.8. The summed E-state index contributed by atoms with van der Waals surface area (Å²) in [7, 11) is 0. The molecule has 0 radical (unpaired) electrons. The fourth-order valence-electron chi connectivity index (χ4n) is 2.00. The summed E-state index contributed by atoms with van der Waals surface area (Å²) in [5, 5.41) is 12.3. The number of rotatable bonds is 6. The molecule has 0 spiro atoms. The second-order valence-electron chi connectivity index (χ2n) is 4.67. The molecular weight excluding hydrogens is 276 g/mol. The third-order valence-corrected chi connectivity index (χ3v) is 3.10. The first-order chi connectivity index (χ1) is 10.1. The van der Waals surface area contributed by atoms with E-state index in [2.05, 4.69) is 10.1 Å². The van der Waals surface area contributed by atoms with Gasteiger partial charge in [-0.1, -0.05) is 24.3 Å². The van der Waals surface area contributed by atoms with Crippen molar-refractivity contribution in [3.05, 3.63) is 59.7 Å². The Hall–Kier alpha value is -2.14. The predicted octanol–water partition coefficient (Wildman–Crippen LogP) is 3.95. The van der Waals surface area contributed by atoms with E-state index in [1.54, 1.807) is 12.1 Å². The maximum absolute atomic E-state index is 12.2. The molecule has 2 N–H and O–H groups in total. The summed E-state index contributed by atoms with van der Waals surface area (Å²) in [6.07, 6.45) is 0. The van der Waals surface area contributed by atoms with Crippen LogP contribution in [0.2, 0.25) is 0 Å². The lowest BCUT2D eigenvalue weighted by molar-refractivity contribution is -0.0498. The van der Waals surface area contributed by atoms with E-state index in [0.717, 1.165) is 16.8 Å². The molecule has 2 rings (SSSR count). The first-order valence-corrected chi connectivity index (χ1v) is 6.59. The maximum atomic E-state index is 12.2. The average molecular weight is 293 g/mol.